The maximum Gasteiger partial charge on any atom is 0.277 e. The van der Waals surface area contributed by atoms with Gasteiger partial charge in [-0.2, -0.15) is 5.10 Å². The van der Waals surface area contributed by atoms with Crippen LogP contribution in [0.4, 0.5) is 5.82 Å². The third kappa shape index (κ3) is 3.30. The molecule has 0 spiro atoms. The van der Waals surface area contributed by atoms with E-state index in [0.717, 1.165) is 11.1 Å². The highest BCUT2D eigenvalue weighted by molar-refractivity contribution is 6.03. The number of benzene rings is 2. The van der Waals surface area contributed by atoms with E-state index in [-0.39, 0.29) is 11.6 Å². The van der Waals surface area contributed by atoms with Gasteiger partial charge in [-0.3, -0.25) is 9.78 Å². The van der Waals surface area contributed by atoms with Gasteiger partial charge in [0.25, 0.3) is 5.91 Å². The molecule has 2 aromatic carbocycles. The van der Waals surface area contributed by atoms with Crippen molar-refractivity contribution in [3.63, 3.8) is 0 Å². The molecule has 0 fully saturated rings. The summed E-state index contributed by atoms with van der Waals surface area (Å²) in [4.78, 5) is 21.2. The molecule has 6 heteroatoms. The molecule has 4 rings (SSSR count). The topological polar surface area (TPSA) is 72.7 Å². The lowest BCUT2D eigenvalue weighted by atomic mass is 10.1. The summed E-state index contributed by atoms with van der Waals surface area (Å²) in [5.74, 6) is 0.305. The van der Waals surface area contributed by atoms with Gasteiger partial charge in [-0.1, -0.05) is 42.0 Å². The van der Waals surface area contributed by atoms with E-state index in [1.54, 1.807) is 16.9 Å². The van der Waals surface area contributed by atoms with Crippen molar-refractivity contribution >= 4 is 22.8 Å². The molecule has 0 saturated carbocycles. The van der Waals surface area contributed by atoms with Crippen molar-refractivity contribution < 1.29 is 4.79 Å². The second-order valence-corrected chi connectivity index (χ2v) is 6.06. The smallest absolute Gasteiger partial charge is 0.277 e. The predicted molar refractivity (Wildman–Crippen MR) is 100.0 cm³/mol. The lowest BCUT2D eigenvalue weighted by molar-refractivity contribution is 0.102. The highest BCUT2D eigenvalue weighted by Crippen LogP contribution is 2.13. The average Bonchev–Trinajstić information content (AvgIpc) is 3.10. The molecule has 0 aliphatic rings. The Balaban J connectivity index is 1.54. The number of anilines is 1. The summed E-state index contributed by atoms with van der Waals surface area (Å²) in [5, 5.41) is 7.16. The standard InChI is InChI=1S/C20H17N5O/c1-14-6-8-15(9-7-14)13-25-19(10-11-22-25)24-20(26)18-12-21-16-4-2-3-5-17(16)23-18/h2-12H,13H2,1H3,(H,24,26). The van der Waals surface area contributed by atoms with Crippen LogP contribution in [0.3, 0.4) is 0 Å². The number of nitrogens with one attached hydrogen (secondary N) is 1. The number of rotatable bonds is 4. The molecule has 0 bridgehead atoms. The van der Waals surface area contributed by atoms with Crippen LogP contribution in [0.15, 0.2) is 67.0 Å². The summed E-state index contributed by atoms with van der Waals surface area (Å²) >= 11 is 0. The number of hydrogen-bond donors (Lipinski definition) is 1. The Kier molecular flexibility index (Phi) is 4.15. The van der Waals surface area contributed by atoms with Crippen LogP contribution in [0.5, 0.6) is 0 Å². The second-order valence-electron chi connectivity index (χ2n) is 6.06. The van der Waals surface area contributed by atoms with Crippen LogP contribution in [0.25, 0.3) is 11.0 Å². The number of carbonyl (C=O) groups is 1. The molecule has 128 valence electrons. The van der Waals surface area contributed by atoms with Crippen LogP contribution in [-0.4, -0.2) is 25.7 Å². The Labute approximate surface area is 150 Å². The Morgan fingerprint density at radius 2 is 1.81 bits per heavy atom. The molecule has 0 saturated heterocycles. The van der Waals surface area contributed by atoms with Crippen molar-refractivity contribution in [2.75, 3.05) is 5.32 Å². The first-order valence-corrected chi connectivity index (χ1v) is 8.29. The molecule has 0 aliphatic carbocycles. The maximum atomic E-state index is 12.6. The van der Waals surface area contributed by atoms with Crippen LogP contribution >= 0.6 is 0 Å². The Morgan fingerprint density at radius 1 is 1.04 bits per heavy atom. The van der Waals surface area contributed by atoms with Gasteiger partial charge in [-0.05, 0) is 24.6 Å². The van der Waals surface area contributed by atoms with E-state index in [1.807, 2.05) is 31.2 Å². The monoisotopic (exact) mass is 343 g/mol. The van der Waals surface area contributed by atoms with Crippen LogP contribution in [0, 0.1) is 6.92 Å². The van der Waals surface area contributed by atoms with Gasteiger partial charge >= 0.3 is 0 Å². The highest BCUT2D eigenvalue weighted by Gasteiger charge is 2.12. The van der Waals surface area contributed by atoms with E-state index in [9.17, 15) is 4.79 Å². The molecule has 0 radical (unpaired) electrons. The zero-order valence-corrected chi connectivity index (χ0v) is 14.3. The fraction of sp³-hybridized carbons (Fsp3) is 0.100. The molecule has 0 atom stereocenters. The fourth-order valence-corrected chi connectivity index (χ4v) is 2.68. The van der Waals surface area contributed by atoms with Gasteiger partial charge in [-0.25, -0.2) is 9.67 Å². The molecule has 6 nitrogen and oxygen atoms in total. The Bertz CT molecular complexity index is 1070. The van der Waals surface area contributed by atoms with Gasteiger partial charge < -0.3 is 5.32 Å². The third-order valence-corrected chi connectivity index (χ3v) is 4.09. The number of para-hydroxylation sites is 2. The minimum absolute atomic E-state index is 0.270. The molecule has 1 amide bonds. The summed E-state index contributed by atoms with van der Waals surface area (Å²) in [5.41, 5.74) is 4.03. The Morgan fingerprint density at radius 3 is 2.62 bits per heavy atom. The normalized spacial score (nSPS) is 10.8. The zero-order chi connectivity index (χ0) is 17.9. The van der Waals surface area contributed by atoms with Gasteiger partial charge in [0, 0.05) is 6.07 Å². The van der Waals surface area contributed by atoms with Crippen LogP contribution < -0.4 is 5.32 Å². The summed E-state index contributed by atoms with van der Waals surface area (Å²) in [7, 11) is 0. The van der Waals surface area contributed by atoms with Crippen LogP contribution in [-0.2, 0) is 6.54 Å². The second kappa shape index (κ2) is 6.76. The number of hydrogen-bond acceptors (Lipinski definition) is 4. The molecule has 26 heavy (non-hydrogen) atoms. The average molecular weight is 343 g/mol. The number of amides is 1. The van der Waals surface area contributed by atoms with Gasteiger partial charge in [0.15, 0.2) is 0 Å². The van der Waals surface area contributed by atoms with Crippen LogP contribution in [0.2, 0.25) is 0 Å². The van der Waals surface area contributed by atoms with E-state index >= 15 is 0 Å². The maximum absolute atomic E-state index is 12.6. The van der Waals surface area contributed by atoms with E-state index in [2.05, 4.69) is 44.6 Å². The molecule has 0 unspecified atom stereocenters. The highest BCUT2D eigenvalue weighted by atomic mass is 16.2. The lowest BCUT2D eigenvalue weighted by Crippen LogP contribution is -2.17. The largest absolute Gasteiger partial charge is 0.305 e. The van der Waals surface area contributed by atoms with Gasteiger partial charge in [-0.15, -0.1) is 0 Å². The minimum Gasteiger partial charge on any atom is -0.305 e. The molecule has 2 aromatic heterocycles. The van der Waals surface area contributed by atoms with E-state index in [1.165, 1.54) is 11.8 Å². The quantitative estimate of drug-likeness (QED) is 0.616. The minimum atomic E-state index is -0.311. The molecule has 4 aromatic rings. The van der Waals surface area contributed by atoms with E-state index in [4.69, 9.17) is 0 Å². The number of aryl methyl sites for hydroxylation is 1. The van der Waals surface area contributed by atoms with Crippen molar-refractivity contribution in [2.24, 2.45) is 0 Å². The molecule has 2 heterocycles. The van der Waals surface area contributed by atoms with Gasteiger partial charge in [0.1, 0.15) is 11.5 Å². The molecular formula is C20H17N5O. The molecular weight excluding hydrogens is 326 g/mol. The number of aromatic nitrogens is 4. The van der Waals surface area contributed by atoms with Gasteiger partial charge in [0.2, 0.25) is 0 Å². The summed E-state index contributed by atoms with van der Waals surface area (Å²) in [6.07, 6.45) is 3.15. The predicted octanol–water partition coefficient (Wildman–Crippen LogP) is 3.44. The summed E-state index contributed by atoms with van der Waals surface area (Å²) in [6.45, 7) is 2.63. The third-order valence-electron chi connectivity index (χ3n) is 4.09. The number of fused-ring (bicyclic) bond motifs is 1. The molecule has 0 aliphatic heterocycles. The number of carbonyl (C=O) groups excluding carboxylic acids is 1. The summed E-state index contributed by atoms with van der Waals surface area (Å²) < 4.78 is 1.75. The first-order valence-electron chi connectivity index (χ1n) is 8.29. The van der Waals surface area contributed by atoms with Crippen molar-refractivity contribution in [1.82, 2.24) is 19.7 Å². The fourth-order valence-electron chi connectivity index (χ4n) is 2.68. The Hall–Kier alpha value is -3.54. The zero-order valence-electron chi connectivity index (χ0n) is 14.3. The van der Waals surface area contributed by atoms with E-state index in [0.29, 0.717) is 17.9 Å². The van der Waals surface area contributed by atoms with E-state index < -0.39 is 0 Å². The summed E-state index contributed by atoms with van der Waals surface area (Å²) in [6, 6.07) is 17.4. The molecule has 1 N–H and O–H groups in total. The van der Waals surface area contributed by atoms with Crippen molar-refractivity contribution in [3.8, 4) is 0 Å². The van der Waals surface area contributed by atoms with Crippen molar-refractivity contribution in [2.45, 2.75) is 13.5 Å². The van der Waals surface area contributed by atoms with Crippen molar-refractivity contribution in [3.05, 3.63) is 83.8 Å². The first-order chi connectivity index (χ1) is 12.7. The number of nitrogens with zero attached hydrogens (tertiary/aromatic N) is 4. The van der Waals surface area contributed by atoms with Crippen LogP contribution in [0.1, 0.15) is 21.6 Å². The van der Waals surface area contributed by atoms with Gasteiger partial charge in [0.05, 0.1) is 30.0 Å². The SMILES string of the molecule is Cc1ccc(Cn2nccc2NC(=O)c2cnc3ccccc3n2)cc1. The lowest BCUT2D eigenvalue weighted by Gasteiger charge is -2.09. The van der Waals surface area contributed by atoms with Crippen molar-refractivity contribution in [1.29, 1.82) is 0 Å². The first kappa shape index (κ1) is 16.0.